The van der Waals surface area contributed by atoms with Gasteiger partial charge in [0.05, 0.1) is 28.9 Å². The van der Waals surface area contributed by atoms with Crippen LogP contribution >= 0.6 is 0 Å². The first-order chi connectivity index (χ1) is 15.2. The molecule has 160 valence electrons. The van der Waals surface area contributed by atoms with Crippen molar-refractivity contribution < 1.29 is 0 Å². The summed E-state index contributed by atoms with van der Waals surface area (Å²) in [6.07, 6.45) is 14.9. The van der Waals surface area contributed by atoms with Crippen molar-refractivity contribution in [2.45, 2.75) is 32.6 Å². The van der Waals surface area contributed by atoms with E-state index in [1.54, 1.807) is 0 Å². The molecule has 0 amide bonds. The van der Waals surface area contributed by atoms with Gasteiger partial charge in [0.25, 0.3) is 0 Å². The minimum absolute atomic E-state index is 0.754. The smallest absolute Gasteiger partial charge is 0.159 e. The number of piperidine rings is 1. The molecule has 3 aromatic heterocycles. The number of rotatable bonds is 4. The second-order valence-corrected chi connectivity index (χ2v) is 8.23. The molecule has 31 heavy (non-hydrogen) atoms. The normalized spacial score (nSPS) is 18.6. The Morgan fingerprint density at radius 1 is 1.19 bits per heavy atom. The Bertz CT molecular complexity index is 1250. The van der Waals surface area contributed by atoms with Crippen LogP contribution in [0.4, 0.5) is 5.69 Å². The van der Waals surface area contributed by atoms with Crippen molar-refractivity contribution in [3.8, 4) is 11.5 Å². The molecule has 0 aliphatic carbocycles. The number of nitrogens with zero attached hydrogens (tertiary/aromatic N) is 4. The summed E-state index contributed by atoms with van der Waals surface area (Å²) in [6, 6.07) is 0. The van der Waals surface area contributed by atoms with Gasteiger partial charge >= 0.3 is 0 Å². The topological polar surface area (TPSA) is 85.5 Å². The number of allylic oxidation sites excluding steroid dienone is 1. The molecule has 3 N–H and O–H groups in total. The number of H-pyrrole nitrogens is 2. The summed E-state index contributed by atoms with van der Waals surface area (Å²) in [4.78, 5) is 15.3. The number of hydrogen-bond acceptors (Lipinski definition) is 5. The molecule has 0 radical (unpaired) electrons. The van der Waals surface area contributed by atoms with E-state index in [2.05, 4.69) is 49.1 Å². The maximum absolute atomic E-state index is 4.98. The van der Waals surface area contributed by atoms with Crippen molar-refractivity contribution in [3.05, 3.63) is 46.8 Å². The van der Waals surface area contributed by atoms with Crippen molar-refractivity contribution in [2.24, 2.45) is 0 Å². The molecule has 0 bridgehead atoms. The van der Waals surface area contributed by atoms with Gasteiger partial charge in [-0.1, -0.05) is 18.7 Å². The molecule has 1 saturated heterocycles. The largest absolute Gasteiger partial charge is 0.368 e. The number of aromatic nitrogens is 5. The van der Waals surface area contributed by atoms with Gasteiger partial charge in [0.1, 0.15) is 11.2 Å². The van der Waals surface area contributed by atoms with Crippen molar-refractivity contribution in [2.75, 3.05) is 31.1 Å². The number of imidazole rings is 1. The second kappa shape index (κ2) is 8.51. The Kier molecular flexibility index (Phi) is 5.42. The standard InChI is InChI=1S/C24H29N7/c1-3-19-18(13-16(2)17-7-9-25-10-8-17)22(30-29-19)24-27-20-14-26-15-21(23(20)28-24)31-11-5-4-6-12-31/h3,7,13-15,25,29H,2,4-6,8-12H2,1H3,(H,27,28)/b18-13+,19-3+. The average Bonchev–Trinajstić information content (AvgIpc) is 3.43. The Labute approximate surface area is 181 Å². The van der Waals surface area contributed by atoms with Crippen LogP contribution in [-0.4, -0.2) is 51.3 Å². The minimum atomic E-state index is 0.754. The van der Waals surface area contributed by atoms with Crippen LogP contribution in [0.5, 0.6) is 0 Å². The number of aromatic amines is 2. The maximum Gasteiger partial charge on any atom is 0.159 e. The molecule has 2 aliphatic heterocycles. The van der Waals surface area contributed by atoms with Crippen molar-refractivity contribution in [3.63, 3.8) is 0 Å². The van der Waals surface area contributed by atoms with E-state index >= 15 is 0 Å². The van der Waals surface area contributed by atoms with E-state index in [9.17, 15) is 0 Å². The van der Waals surface area contributed by atoms with Gasteiger partial charge in [-0.05, 0) is 56.4 Å². The molecule has 7 heteroatoms. The summed E-state index contributed by atoms with van der Waals surface area (Å²) in [5, 5.41) is 13.1. The Balaban J connectivity index is 1.60. The van der Waals surface area contributed by atoms with E-state index in [4.69, 9.17) is 4.98 Å². The molecule has 1 fully saturated rings. The molecule has 0 atom stereocenters. The van der Waals surface area contributed by atoms with E-state index in [-0.39, 0.29) is 0 Å². The fraction of sp³-hybridized carbons (Fsp3) is 0.375. The van der Waals surface area contributed by atoms with Crippen molar-refractivity contribution >= 4 is 28.9 Å². The summed E-state index contributed by atoms with van der Waals surface area (Å²) >= 11 is 0. The van der Waals surface area contributed by atoms with Crippen LogP contribution in [0.15, 0.2) is 36.2 Å². The molecule has 5 heterocycles. The van der Waals surface area contributed by atoms with Gasteiger partial charge < -0.3 is 15.2 Å². The van der Waals surface area contributed by atoms with Crippen LogP contribution in [0.25, 0.3) is 34.7 Å². The zero-order valence-corrected chi connectivity index (χ0v) is 18.0. The highest BCUT2D eigenvalue weighted by atomic mass is 15.2. The summed E-state index contributed by atoms with van der Waals surface area (Å²) in [5.41, 5.74) is 6.13. The predicted molar refractivity (Wildman–Crippen MR) is 126 cm³/mol. The molecule has 0 aromatic carbocycles. The zero-order chi connectivity index (χ0) is 21.2. The highest BCUT2D eigenvalue weighted by molar-refractivity contribution is 5.90. The van der Waals surface area contributed by atoms with Crippen LogP contribution in [0.3, 0.4) is 0 Å². The first-order valence-electron chi connectivity index (χ1n) is 11.1. The van der Waals surface area contributed by atoms with Crippen LogP contribution in [-0.2, 0) is 0 Å². The van der Waals surface area contributed by atoms with Gasteiger partial charge in [-0.2, -0.15) is 5.10 Å². The summed E-state index contributed by atoms with van der Waals surface area (Å²) in [6.45, 7) is 10.3. The predicted octanol–water partition coefficient (Wildman–Crippen LogP) is 2.40. The van der Waals surface area contributed by atoms with Crippen molar-refractivity contribution in [1.82, 2.24) is 30.5 Å². The lowest BCUT2D eigenvalue weighted by molar-refractivity contribution is 0.578. The monoisotopic (exact) mass is 415 g/mol. The third-order valence-corrected chi connectivity index (χ3v) is 6.21. The van der Waals surface area contributed by atoms with E-state index in [1.807, 2.05) is 25.4 Å². The molecule has 2 aliphatic rings. The number of fused-ring (bicyclic) bond motifs is 1. The number of hydrogen-bond donors (Lipinski definition) is 3. The Morgan fingerprint density at radius 3 is 2.84 bits per heavy atom. The van der Waals surface area contributed by atoms with Gasteiger partial charge in [-0.25, -0.2) is 4.98 Å². The lowest BCUT2D eigenvalue weighted by Crippen LogP contribution is -2.29. The van der Waals surface area contributed by atoms with Gasteiger partial charge in [0.2, 0.25) is 0 Å². The molecular formula is C24H29N7. The van der Waals surface area contributed by atoms with Crippen LogP contribution in [0, 0.1) is 0 Å². The lowest BCUT2D eigenvalue weighted by Gasteiger charge is -2.28. The van der Waals surface area contributed by atoms with Crippen LogP contribution in [0.2, 0.25) is 0 Å². The molecule has 5 rings (SSSR count). The summed E-state index contributed by atoms with van der Waals surface area (Å²) < 4.78 is 0. The number of pyridine rings is 1. The highest BCUT2D eigenvalue weighted by Crippen LogP contribution is 2.28. The third-order valence-electron chi connectivity index (χ3n) is 6.21. The summed E-state index contributed by atoms with van der Waals surface area (Å²) in [7, 11) is 0. The molecule has 0 spiro atoms. The zero-order valence-electron chi connectivity index (χ0n) is 18.0. The molecule has 3 aromatic rings. The van der Waals surface area contributed by atoms with Gasteiger partial charge in [-0.3, -0.25) is 10.1 Å². The van der Waals surface area contributed by atoms with Gasteiger partial charge in [0, 0.05) is 24.9 Å². The number of nitrogens with one attached hydrogen (secondary N) is 3. The third kappa shape index (κ3) is 3.81. The maximum atomic E-state index is 4.98. The van der Waals surface area contributed by atoms with Gasteiger partial charge in [-0.15, -0.1) is 0 Å². The molecule has 7 nitrogen and oxygen atoms in total. The highest BCUT2D eigenvalue weighted by Gasteiger charge is 2.18. The Hall–Kier alpha value is -3.19. The fourth-order valence-electron chi connectivity index (χ4n) is 4.49. The second-order valence-electron chi connectivity index (χ2n) is 8.23. The van der Waals surface area contributed by atoms with E-state index in [1.165, 1.54) is 24.8 Å². The van der Waals surface area contributed by atoms with Crippen molar-refractivity contribution in [1.29, 1.82) is 0 Å². The van der Waals surface area contributed by atoms with E-state index < -0.39 is 0 Å². The van der Waals surface area contributed by atoms with E-state index in [0.717, 1.165) is 77.0 Å². The minimum Gasteiger partial charge on any atom is -0.368 e. The first kappa shape index (κ1) is 19.8. The SMILES string of the molecule is C=C(/C=c1/c(-c2nc3c(N4CCCCC4)cncc3[nH]2)n[nH]/c1=C/C)C1=CCNCC1. The average molecular weight is 416 g/mol. The van der Waals surface area contributed by atoms with Crippen LogP contribution < -0.4 is 20.8 Å². The van der Waals surface area contributed by atoms with E-state index in [0.29, 0.717) is 0 Å². The molecule has 0 saturated carbocycles. The molecule has 0 unspecified atom stereocenters. The summed E-state index contributed by atoms with van der Waals surface area (Å²) in [5.74, 6) is 0.754. The number of anilines is 1. The first-order valence-corrected chi connectivity index (χ1v) is 11.1. The van der Waals surface area contributed by atoms with Crippen LogP contribution in [0.1, 0.15) is 32.6 Å². The molecular weight excluding hydrogens is 386 g/mol. The lowest BCUT2D eigenvalue weighted by atomic mass is 10.0. The quantitative estimate of drug-likeness (QED) is 0.609. The fourth-order valence-corrected chi connectivity index (χ4v) is 4.49. The Morgan fingerprint density at radius 2 is 2.06 bits per heavy atom. The van der Waals surface area contributed by atoms with Gasteiger partial charge in [0.15, 0.2) is 5.82 Å².